The predicted octanol–water partition coefficient (Wildman–Crippen LogP) is 5.03. The highest BCUT2D eigenvalue weighted by Crippen LogP contribution is 2.29. The molecule has 3 heteroatoms. The van der Waals surface area contributed by atoms with Gasteiger partial charge in [-0.15, -0.1) is 11.3 Å². The third kappa shape index (κ3) is 2.01. The maximum absolute atomic E-state index is 4.72. The van der Waals surface area contributed by atoms with E-state index in [0.717, 1.165) is 21.1 Å². The van der Waals surface area contributed by atoms with Crippen molar-refractivity contribution in [1.82, 2.24) is 4.98 Å². The summed E-state index contributed by atoms with van der Waals surface area (Å²) in [5.74, 6) is 0. The zero-order valence-corrected chi connectivity index (χ0v) is 11.7. The Morgan fingerprint density at radius 1 is 1.06 bits per heavy atom. The van der Waals surface area contributed by atoms with Crippen molar-refractivity contribution < 1.29 is 0 Å². The van der Waals surface area contributed by atoms with E-state index in [1.165, 1.54) is 9.75 Å². The molecule has 0 aliphatic rings. The van der Waals surface area contributed by atoms with Crippen molar-refractivity contribution in [2.75, 3.05) is 0 Å². The standard InChI is InChI=1S/C14H10BrNS/c1-9-5-8-13(17-9)12-7-6-10-3-2-4-11(15)14(10)16-12/h2-8H,1H3. The lowest BCUT2D eigenvalue weighted by molar-refractivity contribution is 1.41. The maximum Gasteiger partial charge on any atom is 0.0851 e. The second kappa shape index (κ2) is 4.24. The number of aryl methyl sites for hydroxylation is 1. The molecule has 3 rings (SSSR count). The second-order valence-corrected chi connectivity index (χ2v) is 6.06. The van der Waals surface area contributed by atoms with Crippen LogP contribution in [0.4, 0.5) is 0 Å². The van der Waals surface area contributed by atoms with Gasteiger partial charge in [0.2, 0.25) is 0 Å². The summed E-state index contributed by atoms with van der Waals surface area (Å²) in [7, 11) is 0. The second-order valence-electron chi connectivity index (χ2n) is 3.92. The summed E-state index contributed by atoms with van der Waals surface area (Å²) in [6.07, 6.45) is 0. The van der Waals surface area contributed by atoms with Crippen LogP contribution in [-0.2, 0) is 0 Å². The van der Waals surface area contributed by atoms with Crippen molar-refractivity contribution in [2.24, 2.45) is 0 Å². The Labute approximate surface area is 112 Å². The molecule has 0 saturated carbocycles. The molecule has 0 amide bonds. The van der Waals surface area contributed by atoms with Gasteiger partial charge in [0.1, 0.15) is 0 Å². The molecule has 2 aromatic heterocycles. The van der Waals surface area contributed by atoms with Crippen LogP contribution in [0.5, 0.6) is 0 Å². The van der Waals surface area contributed by atoms with Gasteiger partial charge in [-0.3, -0.25) is 0 Å². The molecule has 0 aliphatic carbocycles. The SMILES string of the molecule is Cc1ccc(-c2ccc3cccc(Br)c3n2)s1. The Kier molecular flexibility index (Phi) is 2.73. The normalized spacial score (nSPS) is 10.9. The van der Waals surface area contributed by atoms with Gasteiger partial charge in [-0.2, -0.15) is 0 Å². The van der Waals surface area contributed by atoms with Crippen molar-refractivity contribution in [3.63, 3.8) is 0 Å². The van der Waals surface area contributed by atoms with E-state index in [0.29, 0.717) is 0 Å². The Morgan fingerprint density at radius 2 is 1.94 bits per heavy atom. The number of nitrogens with zero attached hydrogens (tertiary/aromatic N) is 1. The number of thiophene rings is 1. The highest BCUT2D eigenvalue weighted by Gasteiger charge is 2.05. The van der Waals surface area contributed by atoms with Crippen molar-refractivity contribution in [3.8, 4) is 10.6 Å². The summed E-state index contributed by atoms with van der Waals surface area (Å²) in [6, 6.07) is 14.6. The fourth-order valence-electron chi connectivity index (χ4n) is 1.82. The predicted molar refractivity (Wildman–Crippen MR) is 77.5 cm³/mol. The highest BCUT2D eigenvalue weighted by molar-refractivity contribution is 9.10. The van der Waals surface area contributed by atoms with Gasteiger partial charge in [-0.1, -0.05) is 18.2 Å². The topological polar surface area (TPSA) is 12.9 Å². The molecular weight excluding hydrogens is 294 g/mol. The first-order chi connectivity index (χ1) is 8.24. The van der Waals surface area contributed by atoms with Gasteiger partial charge in [0.05, 0.1) is 16.1 Å². The molecule has 0 fully saturated rings. The number of para-hydroxylation sites is 1. The number of aromatic nitrogens is 1. The summed E-state index contributed by atoms with van der Waals surface area (Å²) in [5, 5.41) is 1.16. The summed E-state index contributed by atoms with van der Waals surface area (Å²) >= 11 is 5.33. The van der Waals surface area contributed by atoms with Gasteiger partial charge >= 0.3 is 0 Å². The number of pyridine rings is 1. The number of hydrogen-bond acceptors (Lipinski definition) is 2. The number of hydrogen-bond donors (Lipinski definition) is 0. The average Bonchev–Trinajstić information content (AvgIpc) is 2.76. The fourth-order valence-corrected chi connectivity index (χ4v) is 3.13. The van der Waals surface area contributed by atoms with Crippen molar-refractivity contribution >= 4 is 38.2 Å². The van der Waals surface area contributed by atoms with Crippen LogP contribution in [0, 0.1) is 6.92 Å². The molecule has 2 heterocycles. The lowest BCUT2D eigenvalue weighted by Crippen LogP contribution is -1.83. The van der Waals surface area contributed by atoms with E-state index >= 15 is 0 Å². The quantitative estimate of drug-likeness (QED) is 0.614. The van der Waals surface area contributed by atoms with E-state index in [9.17, 15) is 0 Å². The largest absolute Gasteiger partial charge is 0.246 e. The maximum atomic E-state index is 4.72. The van der Waals surface area contributed by atoms with E-state index in [-0.39, 0.29) is 0 Å². The summed E-state index contributed by atoms with van der Waals surface area (Å²) < 4.78 is 1.05. The molecule has 0 bridgehead atoms. The van der Waals surface area contributed by atoms with Crippen LogP contribution < -0.4 is 0 Å². The van der Waals surface area contributed by atoms with Gasteiger partial charge in [0, 0.05) is 14.7 Å². The molecule has 0 atom stereocenters. The van der Waals surface area contributed by atoms with Gasteiger partial charge in [-0.25, -0.2) is 4.98 Å². The van der Waals surface area contributed by atoms with Crippen LogP contribution >= 0.6 is 27.3 Å². The number of fused-ring (bicyclic) bond motifs is 1. The van der Waals surface area contributed by atoms with E-state index in [2.05, 4.69) is 53.2 Å². The first-order valence-corrected chi connectivity index (χ1v) is 6.97. The molecule has 84 valence electrons. The Morgan fingerprint density at radius 3 is 2.71 bits per heavy atom. The molecule has 0 N–H and O–H groups in total. The van der Waals surface area contributed by atoms with E-state index < -0.39 is 0 Å². The van der Waals surface area contributed by atoms with Crippen LogP contribution in [0.1, 0.15) is 4.88 Å². The molecular formula is C14H10BrNS. The summed E-state index contributed by atoms with van der Waals surface area (Å²) in [6.45, 7) is 2.12. The molecule has 0 unspecified atom stereocenters. The molecule has 0 radical (unpaired) electrons. The van der Waals surface area contributed by atoms with Crippen LogP contribution in [0.25, 0.3) is 21.5 Å². The third-order valence-corrected chi connectivity index (χ3v) is 4.33. The van der Waals surface area contributed by atoms with Crippen LogP contribution in [0.15, 0.2) is 46.9 Å². The fraction of sp³-hybridized carbons (Fsp3) is 0.0714. The van der Waals surface area contributed by atoms with E-state index in [1.807, 2.05) is 12.1 Å². The molecule has 0 spiro atoms. The van der Waals surface area contributed by atoms with Gasteiger partial charge in [0.15, 0.2) is 0 Å². The first-order valence-electron chi connectivity index (χ1n) is 5.36. The molecule has 1 aromatic carbocycles. The van der Waals surface area contributed by atoms with Crippen LogP contribution in [-0.4, -0.2) is 4.98 Å². The zero-order valence-electron chi connectivity index (χ0n) is 9.27. The lowest BCUT2D eigenvalue weighted by atomic mass is 10.2. The van der Waals surface area contributed by atoms with Gasteiger partial charge in [-0.05, 0) is 47.1 Å². The Bertz CT molecular complexity index is 688. The van der Waals surface area contributed by atoms with Crippen LogP contribution in [0.3, 0.4) is 0 Å². The molecule has 17 heavy (non-hydrogen) atoms. The Hall–Kier alpha value is -1.19. The molecule has 0 aliphatic heterocycles. The summed E-state index contributed by atoms with van der Waals surface area (Å²) in [5.41, 5.74) is 2.07. The van der Waals surface area contributed by atoms with E-state index in [1.54, 1.807) is 11.3 Å². The minimum Gasteiger partial charge on any atom is -0.246 e. The van der Waals surface area contributed by atoms with Gasteiger partial charge in [0.25, 0.3) is 0 Å². The zero-order chi connectivity index (χ0) is 11.8. The molecule has 1 nitrogen and oxygen atoms in total. The smallest absolute Gasteiger partial charge is 0.0851 e. The van der Waals surface area contributed by atoms with E-state index in [4.69, 9.17) is 4.98 Å². The third-order valence-electron chi connectivity index (χ3n) is 2.66. The minimum atomic E-state index is 1.02. The van der Waals surface area contributed by atoms with Crippen molar-refractivity contribution in [1.29, 1.82) is 0 Å². The van der Waals surface area contributed by atoms with Crippen LogP contribution in [0.2, 0.25) is 0 Å². The highest BCUT2D eigenvalue weighted by atomic mass is 79.9. The minimum absolute atomic E-state index is 1.02. The monoisotopic (exact) mass is 303 g/mol. The number of benzene rings is 1. The average molecular weight is 304 g/mol. The number of rotatable bonds is 1. The molecule has 0 saturated heterocycles. The number of halogens is 1. The summed E-state index contributed by atoms with van der Waals surface area (Å²) in [4.78, 5) is 7.26. The lowest BCUT2D eigenvalue weighted by Gasteiger charge is -2.02. The van der Waals surface area contributed by atoms with Gasteiger partial charge < -0.3 is 0 Å². The molecule has 3 aromatic rings. The Balaban J connectivity index is 2.22. The first kappa shape index (κ1) is 10.9. The van der Waals surface area contributed by atoms with Crippen molar-refractivity contribution in [3.05, 3.63) is 51.8 Å². The van der Waals surface area contributed by atoms with Crippen molar-refractivity contribution in [2.45, 2.75) is 6.92 Å².